The lowest BCUT2D eigenvalue weighted by Crippen LogP contribution is -2.22. The summed E-state index contributed by atoms with van der Waals surface area (Å²) in [4.78, 5) is 0. The molecule has 1 nitrogen and oxygen atoms in total. The van der Waals surface area contributed by atoms with Crippen molar-refractivity contribution in [2.75, 3.05) is 0 Å². The van der Waals surface area contributed by atoms with Gasteiger partial charge in [0.25, 0.3) is 0 Å². The molecule has 1 unspecified atom stereocenters. The summed E-state index contributed by atoms with van der Waals surface area (Å²) in [5.74, 6) is 0.479. The van der Waals surface area contributed by atoms with Gasteiger partial charge in [0.1, 0.15) is 5.82 Å². The molecule has 1 N–H and O–H groups in total. The van der Waals surface area contributed by atoms with E-state index in [2.05, 4.69) is 43.4 Å². The molecule has 0 aliphatic heterocycles. The highest BCUT2D eigenvalue weighted by atomic mass is 19.1. The van der Waals surface area contributed by atoms with E-state index in [1.165, 1.54) is 5.56 Å². The van der Waals surface area contributed by atoms with Crippen LogP contribution >= 0.6 is 0 Å². The monoisotopic (exact) mass is 285 g/mol. The summed E-state index contributed by atoms with van der Waals surface area (Å²) in [5.41, 5.74) is 2.97. The van der Waals surface area contributed by atoms with Crippen LogP contribution in [0.5, 0.6) is 0 Å². The predicted octanol–water partition coefficient (Wildman–Crippen LogP) is 5.01. The van der Waals surface area contributed by atoms with Crippen LogP contribution in [0, 0.1) is 18.7 Å². The van der Waals surface area contributed by atoms with Gasteiger partial charge in [-0.25, -0.2) is 4.39 Å². The van der Waals surface area contributed by atoms with Crippen LogP contribution in [0.15, 0.2) is 48.5 Å². The summed E-state index contributed by atoms with van der Waals surface area (Å²) < 4.78 is 13.6. The van der Waals surface area contributed by atoms with Crippen molar-refractivity contribution in [3.05, 3.63) is 71.0 Å². The molecule has 0 heterocycles. The average molecular weight is 285 g/mol. The van der Waals surface area contributed by atoms with Gasteiger partial charge in [0, 0.05) is 12.6 Å². The fourth-order valence-electron chi connectivity index (χ4n) is 2.48. The smallest absolute Gasteiger partial charge is 0.126 e. The highest BCUT2D eigenvalue weighted by Gasteiger charge is 2.12. The second-order valence-electron chi connectivity index (χ2n) is 6.06. The summed E-state index contributed by atoms with van der Waals surface area (Å²) in [5, 5.41) is 3.56. The quantitative estimate of drug-likeness (QED) is 0.786. The number of rotatable bonds is 6. The molecule has 2 rings (SSSR count). The molecule has 0 saturated carbocycles. The Morgan fingerprint density at radius 2 is 1.76 bits per heavy atom. The van der Waals surface area contributed by atoms with Crippen LogP contribution in [-0.4, -0.2) is 0 Å². The molecule has 2 aromatic rings. The highest BCUT2D eigenvalue weighted by Crippen LogP contribution is 2.22. The molecule has 2 aromatic carbocycles. The second kappa shape index (κ2) is 7.37. The molecule has 0 fully saturated rings. The van der Waals surface area contributed by atoms with Gasteiger partial charge in [0.15, 0.2) is 0 Å². The largest absolute Gasteiger partial charge is 0.306 e. The number of aryl methyl sites for hydroxylation is 1. The van der Waals surface area contributed by atoms with Gasteiger partial charge < -0.3 is 5.32 Å². The fourth-order valence-corrected chi connectivity index (χ4v) is 2.48. The van der Waals surface area contributed by atoms with E-state index in [0.717, 1.165) is 12.0 Å². The van der Waals surface area contributed by atoms with E-state index in [9.17, 15) is 4.39 Å². The van der Waals surface area contributed by atoms with Gasteiger partial charge in [-0.05, 0) is 42.0 Å². The van der Waals surface area contributed by atoms with Crippen LogP contribution in [0.2, 0.25) is 0 Å². The van der Waals surface area contributed by atoms with E-state index in [0.29, 0.717) is 24.1 Å². The van der Waals surface area contributed by atoms with Crippen molar-refractivity contribution >= 4 is 0 Å². The SMILES string of the molecule is Cc1ccc(CNC(CC(C)C)c2ccccc2)cc1F. The molecule has 0 aliphatic carbocycles. The lowest BCUT2D eigenvalue weighted by atomic mass is 9.96. The van der Waals surface area contributed by atoms with Gasteiger partial charge in [0.2, 0.25) is 0 Å². The van der Waals surface area contributed by atoms with Crippen molar-refractivity contribution in [2.24, 2.45) is 5.92 Å². The Hall–Kier alpha value is -1.67. The van der Waals surface area contributed by atoms with Crippen LogP contribution in [0.1, 0.15) is 43.0 Å². The zero-order valence-electron chi connectivity index (χ0n) is 13.1. The molecule has 0 amide bonds. The predicted molar refractivity (Wildman–Crippen MR) is 86.6 cm³/mol. The molecule has 21 heavy (non-hydrogen) atoms. The Morgan fingerprint density at radius 3 is 2.38 bits per heavy atom. The Kier molecular flexibility index (Phi) is 5.51. The van der Waals surface area contributed by atoms with E-state index >= 15 is 0 Å². The van der Waals surface area contributed by atoms with Crippen LogP contribution in [0.4, 0.5) is 4.39 Å². The third kappa shape index (κ3) is 4.68. The highest BCUT2D eigenvalue weighted by molar-refractivity contribution is 5.24. The summed E-state index contributed by atoms with van der Waals surface area (Å²) in [6.45, 7) is 6.92. The average Bonchev–Trinajstić information content (AvgIpc) is 2.47. The second-order valence-corrected chi connectivity index (χ2v) is 6.06. The van der Waals surface area contributed by atoms with Crippen molar-refractivity contribution in [2.45, 2.75) is 39.8 Å². The molecule has 112 valence electrons. The third-order valence-electron chi connectivity index (χ3n) is 3.70. The standard InChI is InChI=1S/C19H24FN/c1-14(2)11-19(17-7-5-4-6-8-17)21-13-16-10-9-15(3)18(20)12-16/h4-10,12,14,19,21H,11,13H2,1-3H3. The molecule has 1 atom stereocenters. The first kappa shape index (κ1) is 15.7. The Morgan fingerprint density at radius 1 is 1.05 bits per heavy atom. The van der Waals surface area contributed by atoms with E-state index in [-0.39, 0.29) is 5.82 Å². The van der Waals surface area contributed by atoms with E-state index in [4.69, 9.17) is 0 Å². The lowest BCUT2D eigenvalue weighted by molar-refractivity contribution is 0.428. The minimum Gasteiger partial charge on any atom is -0.306 e. The van der Waals surface area contributed by atoms with Gasteiger partial charge in [-0.15, -0.1) is 0 Å². The van der Waals surface area contributed by atoms with Gasteiger partial charge in [-0.2, -0.15) is 0 Å². The van der Waals surface area contributed by atoms with Gasteiger partial charge in [-0.3, -0.25) is 0 Å². The Balaban J connectivity index is 2.07. The maximum atomic E-state index is 13.6. The number of benzene rings is 2. The molecule has 0 saturated heterocycles. The van der Waals surface area contributed by atoms with Crippen molar-refractivity contribution in [3.63, 3.8) is 0 Å². The maximum Gasteiger partial charge on any atom is 0.126 e. The fraction of sp³-hybridized carbons (Fsp3) is 0.368. The molecule has 0 aliphatic rings. The van der Waals surface area contributed by atoms with E-state index in [1.54, 1.807) is 13.0 Å². The van der Waals surface area contributed by atoms with Gasteiger partial charge in [-0.1, -0.05) is 56.3 Å². The van der Waals surface area contributed by atoms with Gasteiger partial charge >= 0.3 is 0 Å². The normalized spacial score (nSPS) is 12.6. The minimum atomic E-state index is -0.130. The Labute approximate surface area is 127 Å². The van der Waals surface area contributed by atoms with Gasteiger partial charge in [0.05, 0.1) is 0 Å². The van der Waals surface area contributed by atoms with Crippen molar-refractivity contribution in [1.82, 2.24) is 5.32 Å². The summed E-state index contributed by atoms with van der Waals surface area (Å²) in [6, 6.07) is 16.2. The molecular formula is C19H24FN. The maximum absolute atomic E-state index is 13.6. The molecule has 0 bridgehead atoms. The third-order valence-corrected chi connectivity index (χ3v) is 3.70. The summed E-state index contributed by atoms with van der Waals surface area (Å²) in [7, 11) is 0. The van der Waals surface area contributed by atoms with Crippen molar-refractivity contribution in [3.8, 4) is 0 Å². The van der Waals surface area contributed by atoms with Crippen molar-refractivity contribution in [1.29, 1.82) is 0 Å². The van der Waals surface area contributed by atoms with Crippen LogP contribution < -0.4 is 5.32 Å². The first-order valence-electron chi connectivity index (χ1n) is 7.59. The number of hydrogen-bond donors (Lipinski definition) is 1. The van der Waals surface area contributed by atoms with E-state index < -0.39 is 0 Å². The molecule has 0 aromatic heterocycles. The Bertz CT molecular complexity index is 563. The zero-order valence-corrected chi connectivity index (χ0v) is 13.1. The summed E-state index contributed by atoms with van der Waals surface area (Å²) in [6.07, 6.45) is 1.07. The molecule has 0 spiro atoms. The van der Waals surface area contributed by atoms with E-state index in [1.807, 2.05) is 18.2 Å². The first-order chi connectivity index (χ1) is 10.1. The summed E-state index contributed by atoms with van der Waals surface area (Å²) >= 11 is 0. The topological polar surface area (TPSA) is 12.0 Å². The molecule has 2 heteroatoms. The number of hydrogen-bond acceptors (Lipinski definition) is 1. The number of nitrogens with one attached hydrogen (secondary N) is 1. The van der Waals surface area contributed by atoms with Crippen molar-refractivity contribution < 1.29 is 4.39 Å². The van der Waals surface area contributed by atoms with Crippen LogP contribution in [0.3, 0.4) is 0 Å². The molecular weight excluding hydrogens is 261 g/mol. The van der Waals surface area contributed by atoms with Crippen LogP contribution in [0.25, 0.3) is 0 Å². The zero-order chi connectivity index (χ0) is 15.2. The first-order valence-corrected chi connectivity index (χ1v) is 7.59. The lowest BCUT2D eigenvalue weighted by Gasteiger charge is -2.21. The van der Waals surface area contributed by atoms with Crippen LogP contribution in [-0.2, 0) is 6.54 Å². The molecule has 0 radical (unpaired) electrons. The minimum absolute atomic E-state index is 0.130. The number of halogens is 1.